The molecule has 0 fully saturated rings. The van der Waals surface area contributed by atoms with Crippen molar-refractivity contribution in [2.45, 2.75) is 6.54 Å². The van der Waals surface area contributed by atoms with Gasteiger partial charge in [0.1, 0.15) is 11.6 Å². The summed E-state index contributed by atoms with van der Waals surface area (Å²) in [5.41, 5.74) is 7.93. The number of H-pyrrole nitrogens is 1. The van der Waals surface area contributed by atoms with Crippen LogP contribution in [0.1, 0.15) is 0 Å². The van der Waals surface area contributed by atoms with Crippen LogP contribution in [0.2, 0.25) is 0 Å². The number of aromatic amines is 1. The van der Waals surface area contributed by atoms with Crippen molar-refractivity contribution in [2.75, 3.05) is 30.3 Å². The van der Waals surface area contributed by atoms with Gasteiger partial charge in [0.15, 0.2) is 0 Å². The highest BCUT2D eigenvalue weighted by molar-refractivity contribution is 5.86. The third kappa shape index (κ3) is 1.13. The molecular weight excluding hydrogens is 192 g/mol. The molecule has 0 unspecified atom stereocenters. The van der Waals surface area contributed by atoms with E-state index in [0.717, 1.165) is 24.1 Å². The quantitative estimate of drug-likeness (QED) is 0.664. The van der Waals surface area contributed by atoms with Gasteiger partial charge >= 0.3 is 0 Å². The van der Waals surface area contributed by atoms with Gasteiger partial charge in [-0.15, -0.1) is 0 Å². The topological polar surface area (TPSA) is 70.2 Å². The number of hydrogen-bond acceptors (Lipinski definition) is 3. The summed E-state index contributed by atoms with van der Waals surface area (Å²) >= 11 is 0. The number of hydrogen-bond donors (Lipinski definition) is 3. The molecular formula is C10H14N4O. The molecule has 0 aliphatic carbocycles. The lowest BCUT2D eigenvalue weighted by atomic mass is 10.4. The normalized spacial score (nSPS) is 15.1. The molecule has 15 heavy (non-hydrogen) atoms. The van der Waals surface area contributed by atoms with Gasteiger partial charge in [0.25, 0.3) is 0 Å². The highest BCUT2D eigenvalue weighted by atomic mass is 16.3. The smallest absolute Gasteiger partial charge is 0.111 e. The van der Waals surface area contributed by atoms with E-state index >= 15 is 0 Å². The van der Waals surface area contributed by atoms with Crippen LogP contribution in [0.15, 0.2) is 12.1 Å². The SMILES string of the molecule is Nc1cc2c(cc3n2CCN3CCO)[nH]1. The van der Waals surface area contributed by atoms with Crippen molar-refractivity contribution in [2.24, 2.45) is 0 Å². The van der Waals surface area contributed by atoms with Crippen LogP contribution in [0.4, 0.5) is 11.6 Å². The average molecular weight is 206 g/mol. The van der Waals surface area contributed by atoms with E-state index in [1.54, 1.807) is 0 Å². The molecule has 0 spiro atoms. The molecule has 3 rings (SSSR count). The van der Waals surface area contributed by atoms with E-state index in [1.807, 2.05) is 6.07 Å². The van der Waals surface area contributed by atoms with Gasteiger partial charge in [0, 0.05) is 31.8 Å². The molecule has 0 radical (unpaired) electrons. The summed E-state index contributed by atoms with van der Waals surface area (Å²) in [6.45, 7) is 2.83. The Hall–Kier alpha value is -1.62. The standard InChI is InChI=1S/C10H14N4O/c11-9-6-8-7(12-9)5-10-13(3-4-15)1-2-14(8)10/h5-6,12,15H,1-4,11H2. The van der Waals surface area contributed by atoms with Gasteiger partial charge < -0.3 is 25.3 Å². The zero-order valence-corrected chi connectivity index (χ0v) is 8.40. The molecule has 5 heteroatoms. The fourth-order valence-electron chi connectivity index (χ4n) is 2.32. The Morgan fingerprint density at radius 3 is 3.07 bits per heavy atom. The number of nitrogen functional groups attached to an aromatic ring is 1. The minimum atomic E-state index is 0.196. The zero-order chi connectivity index (χ0) is 10.4. The molecule has 5 nitrogen and oxygen atoms in total. The molecule has 0 aromatic carbocycles. The van der Waals surface area contributed by atoms with Crippen LogP contribution >= 0.6 is 0 Å². The second-order valence-electron chi connectivity index (χ2n) is 3.89. The lowest BCUT2D eigenvalue weighted by Crippen LogP contribution is -2.23. The Morgan fingerprint density at radius 2 is 2.27 bits per heavy atom. The molecule has 2 aromatic heterocycles. The summed E-state index contributed by atoms with van der Waals surface area (Å²) in [6, 6.07) is 4.05. The molecule has 0 amide bonds. The first kappa shape index (κ1) is 8.67. The number of rotatable bonds is 2. The van der Waals surface area contributed by atoms with Gasteiger partial charge in [-0.3, -0.25) is 0 Å². The first-order valence-corrected chi connectivity index (χ1v) is 5.13. The van der Waals surface area contributed by atoms with Crippen LogP contribution in [0.25, 0.3) is 11.0 Å². The number of aromatic nitrogens is 2. The Bertz CT molecular complexity index is 499. The highest BCUT2D eigenvalue weighted by Gasteiger charge is 2.21. The van der Waals surface area contributed by atoms with E-state index in [0.29, 0.717) is 12.4 Å². The van der Waals surface area contributed by atoms with Crippen LogP contribution in [-0.2, 0) is 6.54 Å². The molecule has 0 saturated carbocycles. The first-order valence-electron chi connectivity index (χ1n) is 5.13. The van der Waals surface area contributed by atoms with Crippen LogP contribution < -0.4 is 10.6 Å². The van der Waals surface area contributed by atoms with Crippen molar-refractivity contribution in [1.82, 2.24) is 9.55 Å². The Kier molecular flexibility index (Phi) is 1.70. The van der Waals surface area contributed by atoms with Gasteiger partial charge in [0.05, 0.1) is 17.6 Å². The molecule has 4 N–H and O–H groups in total. The third-order valence-electron chi connectivity index (χ3n) is 2.98. The van der Waals surface area contributed by atoms with E-state index < -0.39 is 0 Å². The number of nitrogens with two attached hydrogens (primary N) is 1. The largest absolute Gasteiger partial charge is 0.395 e. The van der Waals surface area contributed by atoms with Crippen molar-refractivity contribution in [1.29, 1.82) is 0 Å². The number of nitrogens with zero attached hydrogens (tertiary/aromatic N) is 2. The maximum Gasteiger partial charge on any atom is 0.111 e. The van der Waals surface area contributed by atoms with E-state index in [4.69, 9.17) is 10.8 Å². The van der Waals surface area contributed by atoms with Gasteiger partial charge in [-0.05, 0) is 0 Å². The monoisotopic (exact) mass is 206 g/mol. The zero-order valence-electron chi connectivity index (χ0n) is 8.40. The molecule has 1 aliphatic rings. The summed E-state index contributed by atoms with van der Waals surface area (Å²) in [5.74, 6) is 1.88. The van der Waals surface area contributed by atoms with Gasteiger partial charge in [-0.25, -0.2) is 0 Å². The predicted octanol–water partition coefficient (Wildman–Crippen LogP) is 0.364. The van der Waals surface area contributed by atoms with Crippen LogP contribution in [0.3, 0.4) is 0 Å². The fourth-order valence-corrected chi connectivity index (χ4v) is 2.32. The average Bonchev–Trinajstić information content (AvgIpc) is 2.79. The number of β-amino-alcohol motifs (C(OH)–C–C–N with tert-alkyl or cyclic N) is 1. The highest BCUT2D eigenvalue weighted by Crippen LogP contribution is 2.31. The fraction of sp³-hybridized carbons (Fsp3) is 0.400. The Morgan fingerprint density at radius 1 is 1.40 bits per heavy atom. The molecule has 0 bridgehead atoms. The predicted molar refractivity (Wildman–Crippen MR) is 60.0 cm³/mol. The van der Waals surface area contributed by atoms with Crippen molar-refractivity contribution in [3.8, 4) is 0 Å². The Labute approximate surface area is 87.1 Å². The van der Waals surface area contributed by atoms with Crippen molar-refractivity contribution < 1.29 is 5.11 Å². The van der Waals surface area contributed by atoms with Crippen LogP contribution in [0.5, 0.6) is 0 Å². The van der Waals surface area contributed by atoms with E-state index in [1.165, 1.54) is 5.82 Å². The molecule has 2 aromatic rings. The molecule has 0 atom stereocenters. The maximum atomic E-state index is 8.94. The number of nitrogens with one attached hydrogen (secondary N) is 1. The number of anilines is 2. The summed E-state index contributed by atoms with van der Waals surface area (Å²) in [6.07, 6.45) is 0. The van der Waals surface area contributed by atoms with Crippen molar-refractivity contribution in [3.63, 3.8) is 0 Å². The van der Waals surface area contributed by atoms with Gasteiger partial charge in [-0.1, -0.05) is 0 Å². The summed E-state index contributed by atoms with van der Waals surface area (Å²) < 4.78 is 2.23. The van der Waals surface area contributed by atoms with Crippen LogP contribution in [-0.4, -0.2) is 34.4 Å². The number of aliphatic hydroxyl groups excluding tert-OH is 1. The lowest BCUT2D eigenvalue weighted by molar-refractivity contribution is 0.303. The lowest BCUT2D eigenvalue weighted by Gasteiger charge is -2.14. The summed E-state index contributed by atoms with van der Waals surface area (Å²) in [4.78, 5) is 5.30. The first-order chi connectivity index (χ1) is 7.29. The molecule has 0 saturated heterocycles. The van der Waals surface area contributed by atoms with Crippen LogP contribution in [0, 0.1) is 0 Å². The molecule has 3 heterocycles. The van der Waals surface area contributed by atoms with Gasteiger partial charge in [-0.2, -0.15) is 0 Å². The van der Waals surface area contributed by atoms with Crippen molar-refractivity contribution >= 4 is 22.7 Å². The number of aliphatic hydroxyl groups is 1. The van der Waals surface area contributed by atoms with Crippen molar-refractivity contribution in [3.05, 3.63) is 12.1 Å². The second kappa shape index (κ2) is 2.93. The van der Waals surface area contributed by atoms with Gasteiger partial charge in [0.2, 0.25) is 0 Å². The summed E-state index contributed by atoms with van der Waals surface area (Å²) in [5, 5.41) is 8.94. The third-order valence-corrected chi connectivity index (χ3v) is 2.98. The minimum absolute atomic E-state index is 0.196. The Balaban J connectivity index is 2.10. The summed E-state index contributed by atoms with van der Waals surface area (Å²) in [7, 11) is 0. The minimum Gasteiger partial charge on any atom is -0.395 e. The van der Waals surface area contributed by atoms with E-state index in [-0.39, 0.29) is 6.61 Å². The molecule has 80 valence electrons. The van der Waals surface area contributed by atoms with E-state index in [9.17, 15) is 0 Å². The number of fused-ring (bicyclic) bond motifs is 3. The van der Waals surface area contributed by atoms with E-state index in [2.05, 4.69) is 20.5 Å². The second-order valence-corrected chi connectivity index (χ2v) is 3.89. The maximum absolute atomic E-state index is 8.94. The molecule has 1 aliphatic heterocycles.